The van der Waals surface area contributed by atoms with Gasteiger partial charge in [0.2, 0.25) is 0 Å². The number of aliphatic hydroxyl groups excluding tert-OH is 2. The molecule has 1 aliphatic heterocycles. The Bertz CT molecular complexity index is 846. The molecule has 0 aromatic heterocycles. The van der Waals surface area contributed by atoms with E-state index in [1.54, 1.807) is 0 Å². The Morgan fingerprint density at radius 3 is 2.59 bits per heavy atom. The fourth-order valence-electron chi connectivity index (χ4n) is 5.09. The van der Waals surface area contributed by atoms with Crippen molar-refractivity contribution in [3.63, 3.8) is 0 Å². The van der Waals surface area contributed by atoms with Gasteiger partial charge in [-0.15, -0.1) is 0 Å². The first-order valence-corrected chi connectivity index (χ1v) is 10.9. The summed E-state index contributed by atoms with van der Waals surface area (Å²) in [6.07, 6.45) is 6.32. The maximum absolute atomic E-state index is 13.3. The minimum absolute atomic E-state index is 0.0654. The molecule has 4 rings (SSSR count). The molecular formula is C25H31FO3. The molecule has 0 bridgehead atoms. The molecule has 156 valence electrons. The van der Waals surface area contributed by atoms with Gasteiger partial charge in [-0.25, -0.2) is 4.39 Å². The molecule has 0 saturated carbocycles. The van der Waals surface area contributed by atoms with E-state index >= 15 is 0 Å². The van der Waals surface area contributed by atoms with Crippen molar-refractivity contribution in [2.75, 3.05) is 6.61 Å². The summed E-state index contributed by atoms with van der Waals surface area (Å²) in [5.41, 5.74) is 7.89. The van der Waals surface area contributed by atoms with Gasteiger partial charge in [0.25, 0.3) is 0 Å². The average molecular weight is 399 g/mol. The third-order valence-electron chi connectivity index (χ3n) is 6.38. The zero-order chi connectivity index (χ0) is 20.4. The van der Waals surface area contributed by atoms with Crippen LogP contribution >= 0.6 is 0 Å². The third kappa shape index (κ3) is 4.40. The normalized spacial score (nSPS) is 23.9. The molecule has 1 saturated heterocycles. The van der Waals surface area contributed by atoms with Crippen LogP contribution in [0.15, 0.2) is 30.3 Å². The lowest BCUT2D eigenvalue weighted by Gasteiger charge is -2.34. The van der Waals surface area contributed by atoms with Gasteiger partial charge in [-0.2, -0.15) is 0 Å². The lowest BCUT2D eigenvalue weighted by atomic mass is 9.84. The van der Waals surface area contributed by atoms with Crippen LogP contribution in [0.2, 0.25) is 0 Å². The molecule has 2 N–H and O–H groups in total. The van der Waals surface area contributed by atoms with Crippen molar-refractivity contribution < 1.29 is 19.3 Å². The fraction of sp³-hybridized carbons (Fsp3) is 0.520. The second kappa shape index (κ2) is 8.95. The lowest BCUT2D eigenvalue weighted by molar-refractivity contribution is -0.114. The Kier molecular flexibility index (Phi) is 6.33. The monoisotopic (exact) mass is 398 g/mol. The maximum atomic E-state index is 13.3. The van der Waals surface area contributed by atoms with Crippen molar-refractivity contribution in [1.29, 1.82) is 0 Å². The lowest BCUT2D eigenvalue weighted by Crippen LogP contribution is -2.34. The minimum Gasteiger partial charge on any atom is -0.394 e. The molecule has 2 aliphatic rings. The van der Waals surface area contributed by atoms with Gasteiger partial charge in [0.05, 0.1) is 24.9 Å². The predicted molar refractivity (Wildman–Crippen MR) is 112 cm³/mol. The highest BCUT2D eigenvalue weighted by atomic mass is 19.1. The number of hydrogen-bond acceptors (Lipinski definition) is 3. The molecule has 0 amide bonds. The van der Waals surface area contributed by atoms with E-state index in [1.165, 1.54) is 46.4 Å². The molecule has 3 unspecified atom stereocenters. The standard InChI is InChI=1S/C25H31FO3/c1-2-4-22-23-6-3-5-21(23)17(11-16-7-9-18(26)10-8-16)12-24(22)25-14-19(28)13-20(15-27)29-25/h7-10,12,19-20,25,27-28H,2-6,11,13-15H2,1H3. The molecule has 4 heteroatoms. The van der Waals surface area contributed by atoms with E-state index in [0.717, 1.165) is 37.7 Å². The van der Waals surface area contributed by atoms with E-state index in [2.05, 4.69) is 13.0 Å². The van der Waals surface area contributed by atoms with E-state index < -0.39 is 6.10 Å². The van der Waals surface area contributed by atoms with Gasteiger partial charge in [-0.05, 0) is 77.6 Å². The largest absolute Gasteiger partial charge is 0.394 e. The molecule has 1 heterocycles. The molecule has 1 aliphatic carbocycles. The summed E-state index contributed by atoms with van der Waals surface area (Å²) in [6, 6.07) is 9.04. The van der Waals surface area contributed by atoms with Crippen LogP contribution in [0.1, 0.15) is 72.1 Å². The third-order valence-corrected chi connectivity index (χ3v) is 6.38. The van der Waals surface area contributed by atoms with Crippen molar-refractivity contribution >= 4 is 0 Å². The molecule has 1 fully saturated rings. The molecule has 2 aromatic rings. The van der Waals surface area contributed by atoms with Crippen molar-refractivity contribution in [3.8, 4) is 0 Å². The second-order valence-electron chi connectivity index (χ2n) is 8.52. The summed E-state index contributed by atoms with van der Waals surface area (Å²) in [7, 11) is 0. The summed E-state index contributed by atoms with van der Waals surface area (Å²) < 4.78 is 19.5. The summed E-state index contributed by atoms with van der Waals surface area (Å²) >= 11 is 0. The quantitative estimate of drug-likeness (QED) is 0.757. The van der Waals surface area contributed by atoms with Gasteiger partial charge in [-0.1, -0.05) is 31.5 Å². The van der Waals surface area contributed by atoms with Crippen LogP contribution in [-0.2, 0) is 30.4 Å². The van der Waals surface area contributed by atoms with E-state index in [-0.39, 0.29) is 24.6 Å². The van der Waals surface area contributed by atoms with Crippen LogP contribution in [0, 0.1) is 5.82 Å². The van der Waals surface area contributed by atoms with Gasteiger partial charge in [0.1, 0.15) is 5.82 Å². The SMILES string of the molecule is CCCc1c(C2CC(O)CC(CO)O2)cc(Cc2ccc(F)cc2)c2c1CCC2. The number of fused-ring (bicyclic) bond motifs is 1. The van der Waals surface area contributed by atoms with E-state index in [9.17, 15) is 14.6 Å². The summed E-state index contributed by atoms with van der Waals surface area (Å²) in [5.74, 6) is -0.211. The van der Waals surface area contributed by atoms with Crippen molar-refractivity contribution in [3.05, 3.63) is 69.5 Å². The first kappa shape index (κ1) is 20.5. The molecule has 0 spiro atoms. The van der Waals surface area contributed by atoms with Crippen LogP contribution in [0.3, 0.4) is 0 Å². The van der Waals surface area contributed by atoms with Crippen LogP contribution in [0.5, 0.6) is 0 Å². The molecule has 29 heavy (non-hydrogen) atoms. The van der Waals surface area contributed by atoms with Gasteiger partial charge in [0.15, 0.2) is 0 Å². The Hall–Kier alpha value is -1.75. The van der Waals surface area contributed by atoms with Crippen molar-refractivity contribution in [2.45, 2.75) is 76.6 Å². The highest BCUT2D eigenvalue weighted by molar-refractivity contribution is 5.51. The summed E-state index contributed by atoms with van der Waals surface area (Å²) in [6.45, 7) is 2.13. The number of rotatable bonds is 6. The Balaban J connectivity index is 1.75. The van der Waals surface area contributed by atoms with Crippen LogP contribution in [0.25, 0.3) is 0 Å². The summed E-state index contributed by atoms with van der Waals surface area (Å²) in [5, 5.41) is 20.0. The van der Waals surface area contributed by atoms with Crippen LogP contribution < -0.4 is 0 Å². The number of halogens is 1. The van der Waals surface area contributed by atoms with Crippen molar-refractivity contribution in [1.82, 2.24) is 0 Å². The molecule has 2 aromatic carbocycles. The second-order valence-corrected chi connectivity index (χ2v) is 8.52. The first-order valence-electron chi connectivity index (χ1n) is 10.9. The zero-order valence-corrected chi connectivity index (χ0v) is 17.2. The molecule has 3 nitrogen and oxygen atoms in total. The van der Waals surface area contributed by atoms with Crippen LogP contribution in [0.4, 0.5) is 4.39 Å². The Morgan fingerprint density at radius 1 is 1.10 bits per heavy atom. The minimum atomic E-state index is -0.450. The zero-order valence-electron chi connectivity index (χ0n) is 17.2. The first-order chi connectivity index (χ1) is 14.1. The van der Waals surface area contributed by atoms with Gasteiger partial charge < -0.3 is 14.9 Å². The van der Waals surface area contributed by atoms with Gasteiger partial charge >= 0.3 is 0 Å². The summed E-state index contributed by atoms with van der Waals surface area (Å²) in [4.78, 5) is 0. The van der Waals surface area contributed by atoms with E-state index in [0.29, 0.717) is 12.8 Å². The average Bonchev–Trinajstić information content (AvgIpc) is 3.21. The highest BCUT2D eigenvalue weighted by Crippen LogP contribution is 2.40. The number of aliphatic hydroxyl groups is 2. The maximum Gasteiger partial charge on any atom is 0.123 e. The number of benzene rings is 2. The number of hydrogen-bond donors (Lipinski definition) is 2. The smallest absolute Gasteiger partial charge is 0.123 e. The van der Waals surface area contributed by atoms with Gasteiger partial charge in [0, 0.05) is 12.8 Å². The topological polar surface area (TPSA) is 49.7 Å². The number of ether oxygens (including phenoxy) is 1. The van der Waals surface area contributed by atoms with Crippen LogP contribution in [-0.4, -0.2) is 29.0 Å². The molecule has 3 atom stereocenters. The Labute approximate surface area is 172 Å². The van der Waals surface area contributed by atoms with Crippen molar-refractivity contribution in [2.24, 2.45) is 0 Å². The Morgan fingerprint density at radius 2 is 1.86 bits per heavy atom. The fourth-order valence-corrected chi connectivity index (χ4v) is 5.09. The molecular weight excluding hydrogens is 367 g/mol. The highest BCUT2D eigenvalue weighted by Gasteiger charge is 2.32. The van der Waals surface area contributed by atoms with E-state index in [1.807, 2.05) is 12.1 Å². The van der Waals surface area contributed by atoms with Gasteiger partial charge in [-0.3, -0.25) is 0 Å². The van der Waals surface area contributed by atoms with E-state index in [4.69, 9.17) is 4.74 Å². The molecule has 0 radical (unpaired) electrons. The predicted octanol–water partition coefficient (Wildman–Crippen LogP) is 4.43.